The molecule has 0 saturated heterocycles. The van der Waals surface area contributed by atoms with Crippen LogP contribution >= 0.6 is 11.8 Å². The van der Waals surface area contributed by atoms with Crippen molar-refractivity contribution in [2.75, 3.05) is 12.3 Å². The zero-order valence-electron chi connectivity index (χ0n) is 9.93. The number of hydrogen-bond acceptors (Lipinski definition) is 3. The molecule has 0 aliphatic carbocycles. The highest BCUT2D eigenvalue weighted by molar-refractivity contribution is 8.02. The Morgan fingerprint density at radius 1 is 1.47 bits per heavy atom. The van der Waals surface area contributed by atoms with E-state index in [4.69, 9.17) is 0 Å². The van der Waals surface area contributed by atoms with Gasteiger partial charge in [0.15, 0.2) is 0 Å². The minimum Gasteiger partial charge on any atom is -0.321 e. The number of amides is 1. The second-order valence-electron chi connectivity index (χ2n) is 3.42. The summed E-state index contributed by atoms with van der Waals surface area (Å²) < 4.78 is 0. The van der Waals surface area contributed by atoms with Crippen LogP contribution in [-0.4, -0.2) is 24.2 Å². The summed E-state index contributed by atoms with van der Waals surface area (Å²) in [6, 6.07) is 0.478. The lowest BCUT2D eigenvalue weighted by atomic mass is 10.2. The second kappa shape index (κ2) is 8.80. The minimum absolute atomic E-state index is 0.0387. The number of rotatable bonds is 8. The van der Waals surface area contributed by atoms with Crippen LogP contribution < -0.4 is 10.6 Å². The Hall–Kier alpha value is -0.480. The van der Waals surface area contributed by atoms with Gasteiger partial charge in [-0.3, -0.25) is 4.79 Å². The summed E-state index contributed by atoms with van der Waals surface area (Å²) in [6.45, 7) is 10.8. The standard InChI is InChI=1S/C11H22N2OS/c1-5-9(3)12-8-7-11(14)13-10(4)15-6-2/h9,12H,4-8H2,1-3H3,(H,13,14). The molecule has 0 aromatic rings. The molecule has 0 saturated carbocycles. The van der Waals surface area contributed by atoms with Crippen LogP contribution in [0.5, 0.6) is 0 Å². The van der Waals surface area contributed by atoms with Gasteiger partial charge in [0.05, 0.1) is 5.03 Å². The summed E-state index contributed by atoms with van der Waals surface area (Å²) in [5.41, 5.74) is 0. The Labute approximate surface area is 97.1 Å². The number of nitrogens with one attached hydrogen (secondary N) is 2. The van der Waals surface area contributed by atoms with E-state index in [1.54, 1.807) is 11.8 Å². The van der Waals surface area contributed by atoms with Gasteiger partial charge in [0.1, 0.15) is 0 Å². The Kier molecular flexibility index (Phi) is 8.52. The van der Waals surface area contributed by atoms with E-state index in [1.807, 2.05) is 6.92 Å². The van der Waals surface area contributed by atoms with Gasteiger partial charge in [-0.2, -0.15) is 0 Å². The van der Waals surface area contributed by atoms with Crippen molar-refractivity contribution in [2.45, 2.75) is 39.7 Å². The van der Waals surface area contributed by atoms with Crippen molar-refractivity contribution in [1.29, 1.82) is 0 Å². The van der Waals surface area contributed by atoms with Crippen molar-refractivity contribution in [3.8, 4) is 0 Å². The summed E-state index contributed by atoms with van der Waals surface area (Å²) in [6.07, 6.45) is 1.59. The zero-order valence-corrected chi connectivity index (χ0v) is 10.7. The molecule has 1 atom stereocenters. The third-order valence-electron chi connectivity index (χ3n) is 2.05. The lowest BCUT2D eigenvalue weighted by Gasteiger charge is -2.11. The van der Waals surface area contributed by atoms with Crippen LogP contribution in [0.4, 0.5) is 0 Å². The van der Waals surface area contributed by atoms with Crippen LogP contribution in [0, 0.1) is 0 Å². The Morgan fingerprint density at radius 3 is 2.67 bits per heavy atom. The normalized spacial score (nSPS) is 12.2. The van der Waals surface area contributed by atoms with Crippen molar-refractivity contribution in [2.24, 2.45) is 0 Å². The van der Waals surface area contributed by atoms with Gasteiger partial charge in [0.25, 0.3) is 0 Å². The molecular formula is C11H22N2OS. The van der Waals surface area contributed by atoms with Gasteiger partial charge in [-0.1, -0.05) is 20.4 Å². The molecule has 0 spiro atoms. The quantitative estimate of drug-likeness (QED) is 0.671. The monoisotopic (exact) mass is 230 g/mol. The highest BCUT2D eigenvalue weighted by Gasteiger charge is 2.03. The first kappa shape index (κ1) is 14.5. The molecule has 1 unspecified atom stereocenters. The summed E-state index contributed by atoms with van der Waals surface area (Å²) in [5, 5.41) is 6.77. The fourth-order valence-electron chi connectivity index (χ4n) is 1.00. The zero-order chi connectivity index (χ0) is 11.7. The summed E-state index contributed by atoms with van der Waals surface area (Å²) in [4.78, 5) is 11.4. The van der Waals surface area contributed by atoms with Crippen LogP contribution in [0.25, 0.3) is 0 Å². The first-order valence-electron chi connectivity index (χ1n) is 5.45. The van der Waals surface area contributed by atoms with Crippen LogP contribution in [0.2, 0.25) is 0 Å². The molecular weight excluding hydrogens is 208 g/mol. The Morgan fingerprint density at radius 2 is 2.13 bits per heavy atom. The summed E-state index contributed by atoms with van der Waals surface area (Å²) in [5.74, 6) is 0.973. The van der Waals surface area contributed by atoms with Crippen LogP contribution in [-0.2, 0) is 4.79 Å². The lowest BCUT2D eigenvalue weighted by molar-refractivity contribution is -0.120. The molecule has 3 nitrogen and oxygen atoms in total. The third kappa shape index (κ3) is 8.51. The van der Waals surface area contributed by atoms with E-state index in [0.29, 0.717) is 12.5 Å². The average molecular weight is 230 g/mol. The molecule has 4 heteroatoms. The molecule has 0 aliphatic heterocycles. The number of carbonyl (C=O) groups excluding carboxylic acids is 1. The number of thioether (sulfide) groups is 1. The van der Waals surface area contributed by atoms with Gasteiger partial charge in [-0.05, 0) is 19.1 Å². The smallest absolute Gasteiger partial charge is 0.226 e. The Balaban J connectivity index is 3.53. The molecule has 1 amide bonds. The molecule has 0 heterocycles. The van der Waals surface area contributed by atoms with Gasteiger partial charge in [0, 0.05) is 19.0 Å². The van der Waals surface area contributed by atoms with Crippen molar-refractivity contribution in [1.82, 2.24) is 10.6 Å². The van der Waals surface area contributed by atoms with Crippen molar-refractivity contribution in [3.05, 3.63) is 11.6 Å². The third-order valence-corrected chi connectivity index (χ3v) is 2.79. The fraction of sp³-hybridized carbons (Fsp3) is 0.727. The predicted octanol–water partition coefficient (Wildman–Crippen LogP) is 2.11. The predicted molar refractivity (Wildman–Crippen MR) is 67.8 cm³/mol. The molecule has 0 aliphatic rings. The lowest BCUT2D eigenvalue weighted by Crippen LogP contribution is -2.30. The first-order valence-corrected chi connectivity index (χ1v) is 6.43. The average Bonchev–Trinajstić information content (AvgIpc) is 2.17. The maximum Gasteiger partial charge on any atom is 0.226 e. The molecule has 88 valence electrons. The van der Waals surface area contributed by atoms with E-state index in [0.717, 1.165) is 23.7 Å². The molecule has 0 fully saturated rings. The van der Waals surface area contributed by atoms with E-state index >= 15 is 0 Å². The summed E-state index contributed by atoms with van der Waals surface area (Å²) >= 11 is 1.56. The molecule has 15 heavy (non-hydrogen) atoms. The Bertz CT molecular complexity index is 207. The van der Waals surface area contributed by atoms with E-state index in [1.165, 1.54) is 0 Å². The topological polar surface area (TPSA) is 41.1 Å². The highest BCUT2D eigenvalue weighted by atomic mass is 32.2. The fourth-order valence-corrected chi connectivity index (χ4v) is 1.54. The number of carbonyl (C=O) groups is 1. The number of hydrogen-bond donors (Lipinski definition) is 2. The molecule has 0 rings (SSSR count). The van der Waals surface area contributed by atoms with Crippen LogP contribution in [0.1, 0.15) is 33.6 Å². The van der Waals surface area contributed by atoms with Crippen LogP contribution in [0.3, 0.4) is 0 Å². The summed E-state index contributed by atoms with van der Waals surface area (Å²) in [7, 11) is 0. The van der Waals surface area contributed by atoms with Gasteiger partial charge >= 0.3 is 0 Å². The molecule has 0 bridgehead atoms. The van der Waals surface area contributed by atoms with E-state index in [9.17, 15) is 4.79 Å². The molecule has 2 N–H and O–H groups in total. The van der Waals surface area contributed by atoms with Crippen molar-refractivity contribution in [3.63, 3.8) is 0 Å². The second-order valence-corrected chi connectivity index (χ2v) is 4.78. The maximum atomic E-state index is 11.4. The van der Waals surface area contributed by atoms with Crippen molar-refractivity contribution >= 4 is 17.7 Å². The molecule has 0 radical (unpaired) electrons. The van der Waals surface area contributed by atoms with E-state index in [2.05, 4.69) is 31.1 Å². The van der Waals surface area contributed by atoms with Gasteiger partial charge in [-0.25, -0.2) is 0 Å². The largest absolute Gasteiger partial charge is 0.321 e. The molecule has 0 aromatic heterocycles. The van der Waals surface area contributed by atoms with E-state index in [-0.39, 0.29) is 5.91 Å². The minimum atomic E-state index is 0.0387. The van der Waals surface area contributed by atoms with Gasteiger partial charge < -0.3 is 10.6 Å². The molecule has 0 aromatic carbocycles. The van der Waals surface area contributed by atoms with Crippen LogP contribution in [0.15, 0.2) is 11.6 Å². The van der Waals surface area contributed by atoms with Gasteiger partial charge in [-0.15, -0.1) is 11.8 Å². The maximum absolute atomic E-state index is 11.4. The van der Waals surface area contributed by atoms with Crippen molar-refractivity contribution < 1.29 is 4.79 Å². The first-order chi connectivity index (χ1) is 7.10. The van der Waals surface area contributed by atoms with E-state index < -0.39 is 0 Å². The SMILES string of the molecule is C=C(NC(=O)CCNC(C)CC)SCC. The van der Waals surface area contributed by atoms with Gasteiger partial charge in [0.2, 0.25) is 5.91 Å². The highest BCUT2D eigenvalue weighted by Crippen LogP contribution is 2.08.